The maximum Gasteiger partial charge on any atom is 0.295 e. The second-order valence-corrected chi connectivity index (χ2v) is 8.64. The minimum absolute atomic E-state index is 0.0725. The van der Waals surface area contributed by atoms with E-state index in [1.165, 1.54) is 12.0 Å². The number of ketones is 1. The van der Waals surface area contributed by atoms with E-state index in [2.05, 4.69) is 22.9 Å². The van der Waals surface area contributed by atoms with E-state index < -0.39 is 17.7 Å². The van der Waals surface area contributed by atoms with E-state index in [4.69, 9.17) is 9.47 Å². The number of carbonyl (C=O) groups is 2. The van der Waals surface area contributed by atoms with Crippen molar-refractivity contribution in [3.63, 3.8) is 0 Å². The Hall–Kier alpha value is -2.64. The van der Waals surface area contributed by atoms with Crippen LogP contribution >= 0.6 is 15.9 Å². The topological polar surface area (TPSA) is 76.1 Å². The maximum atomic E-state index is 13.0. The van der Waals surface area contributed by atoms with Crippen molar-refractivity contribution in [1.82, 2.24) is 4.90 Å². The van der Waals surface area contributed by atoms with Crippen molar-refractivity contribution >= 4 is 33.4 Å². The van der Waals surface area contributed by atoms with E-state index in [0.29, 0.717) is 12.2 Å². The number of nitrogens with zero attached hydrogens (tertiary/aromatic N) is 1. The Morgan fingerprint density at radius 1 is 1.16 bits per heavy atom. The molecule has 32 heavy (non-hydrogen) atoms. The maximum absolute atomic E-state index is 13.0. The monoisotopic (exact) mass is 501 g/mol. The zero-order valence-electron chi connectivity index (χ0n) is 18.6. The molecule has 6 nitrogen and oxygen atoms in total. The van der Waals surface area contributed by atoms with Crippen molar-refractivity contribution < 1.29 is 24.2 Å². The van der Waals surface area contributed by atoms with Gasteiger partial charge in [-0.3, -0.25) is 9.59 Å². The standard InChI is InChI=1S/C25H28BrNO5/c1-4-5-12-32-20-10-9-18(14-16(20)2)23(28)21-22(17-7-6-8-19(26)15-17)27(11-13-31-3)25(30)24(21)29/h6-10,14-15,22,28H,4-5,11-13H2,1-3H3/b23-21+/t22-/m1/s1. The number of benzene rings is 2. The minimum atomic E-state index is -0.705. The van der Waals surface area contributed by atoms with Crippen LogP contribution in [-0.4, -0.2) is 48.6 Å². The van der Waals surface area contributed by atoms with Gasteiger partial charge in [0.05, 0.1) is 24.8 Å². The second-order valence-electron chi connectivity index (χ2n) is 7.72. The number of aliphatic hydroxyl groups is 1. The molecular weight excluding hydrogens is 474 g/mol. The van der Waals surface area contributed by atoms with Crippen molar-refractivity contribution in [3.05, 3.63) is 69.2 Å². The normalized spacial score (nSPS) is 17.8. The van der Waals surface area contributed by atoms with Gasteiger partial charge < -0.3 is 19.5 Å². The molecule has 1 amide bonds. The van der Waals surface area contributed by atoms with Gasteiger partial charge in [0.25, 0.3) is 11.7 Å². The summed E-state index contributed by atoms with van der Waals surface area (Å²) in [6.45, 7) is 5.12. The summed E-state index contributed by atoms with van der Waals surface area (Å²) >= 11 is 3.45. The summed E-state index contributed by atoms with van der Waals surface area (Å²) in [6, 6.07) is 12.0. The van der Waals surface area contributed by atoms with E-state index in [-0.39, 0.29) is 24.5 Å². The molecule has 0 aromatic heterocycles. The number of aliphatic hydroxyl groups excluding tert-OH is 1. The van der Waals surface area contributed by atoms with Gasteiger partial charge in [0, 0.05) is 23.7 Å². The van der Waals surface area contributed by atoms with Gasteiger partial charge in [-0.1, -0.05) is 41.4 Å². The molecular formula is C25H28BrNO5. The number of amides is 1. The molecule has 0 radical (unpaired) electrons. The van der Waals surface area contributed by atoms with Gasteiger partial charge in [-0.2, -0.15) is 0 Å². The number of hydrogen-bond acceptors (Lipinski definition) is 5. The minimum Gasteiger partial charge on any atom is -0.507 e. The zero-order chi connectivity index (χ0) is 23.3. The summed E-state index contributed by atoms with van der Waals surface area (Å²) in [6.07, 6.45) is 2.00. The lowest BCUT2D eigenvalue weighted by atomic mass is 9.95. The number of ether oxygens (including phenoxy) is 2. The van der Waals surface area contributed by atoms with Gasteiger partial charge in [0.2, 0.25) is 0 Å². The summed E-state index contributed by atoms with van der Waals surface area (Å²) in [5, 5.41) is 11.2. The molecule has 1 aliphatic rings. The first-order valence-corrected chi connectivity index (χ1v) is 11.4. The van der Waals surface area contributed by atoms with Gasteiger partial charge in [0.15, 0.2) is 0 Å². The second kappa shape index (κ2) is 10.8. The number of Topliss-reactive ketones (excluding diaryl/α,β-unsaturated/α-hetero) is 1. The van der Waals surface area contributed by atoms with Crippen molar-refractivity contribution in [2.45, 2.75) is 32.7 Å². The zero-order valence-corrected chi connectivity index (χ0v) is 20.1. The van der Waals surface area contributed by atoms with E-state index in [9.17, 15) is 14.7 Å². The van der Waals surface area contributed by atoms with E-state index >= 15 is 0 Å². The predicted octanol–water partition coefficient (Wildman–Crippen LogP) is 5.00. The fourth-order valence-electron chi connectivity index (χ4n) is 3.76. The quantitative estimate of drug-likeness (QED) is 0.226. The molecule has 1 atom stereocenters. The van der Waals surface area contributed by atoms with Gasteiger partial charge in [-0.05, 0) is 54.8 Å². The summed E-state index contributed by atoms with van der Waals surface area (Å²) < 4.78 is 11.7. The lowest BCUT2D eigenvalue weighted by Crippen LogP contribution is -2.32. The molecule has 170 valence electrons. The van der Waals surface area contributed by atoms with Crippen LogP contribution in [0.15, 0.2) is 52.5 Å². The fraction of sp³-hybridized carbons (Fsp3) is 0.360. The first kappa shape index (κ1) is 24.0. The predicted molar refractivity (Wildman–Crippen MR) is 127 cm³/mol. The molecule has 1 N–H and O–H groups in total. The molecule has 1 heterocycles. The highest BCUT2D eigenvalue weighted by Gasteiger charge is 2.45. The van der Waals surface area contributed by atoms with Crippen LogP contribution in [0.1, 0.15) is 42.5 Å². The molecule has 1 saturated heterocycles. The third-order valence-corrected chi connectivity index (χ3v) is 5.94. The highest BCUT2D eigenvalue weighted by molar-refractivity contribution is 9.10. The molecule has 1 fully saturated rings. The van der Waals surface area contributed by atoms with Gasteiger partial charge in [-0.25, -0.2) is 0 Å². The Balaban J connectivity index is 2.06. The van der Waals surface area contributed by atoms with Crippen LogP contribution in [0.2, 0.25) is 0 Å². The smallest absolute Gasteiger partial charge is 0.295 e. The molecule has 0 spiro atoms. The summed E-state index contributed by atoms with van der Waals surface area (Å²) in [5.41, 5.74) is 2.11. The summed E-state index contributed by atoms with van der Waals surface area (Å²) in [4.78, 5) is 27.3. The van der Waals surface area contributed by atoms with Crippen LogP contribution in [0.5, 0.6) is 5.75 Å². The van der Waals surface area contributed by atoms with Crippen LogP contribution in [0, 0.1) is 6.92 Å². The van der Waals surface area contributed by atoms with Crippen LogP contribution in [0.3, 0.4) is 0 Å². The Morgan fingerprint density at radius 3 is 2.59 bits per heavy atom. The van der Waals surface area contributed by atoms with Crippen LogP contribution in [0.4, 0.5) is 0 Å². The van der Waals surface area contributed by atoms with Crippen molar-refractivity contribution in [1.29, 1.82) is 0 Å². The molecule has 0 aliphatic carbocycles. The largest absolute Gasteiger partial charge is 0.507 e. The number of hydrogen-bond donors (Lipinski definition) is 1. The highest BCUT2D eigenvalue weighted by Crippen LogP contribution is 2.40. The van der Waals surface area contributed by atoms with E-state index in [0.717, 1.165) is 34.2 Å². The summed E-state index contributed by atoms with van der Waals surface area (Å²) in [5.74, 6) is -0.815. The van der Waals surface area contributed by atoms with Crippen LogP contribution < -0.4 is 4.74 Å². The molecule has 3 rings (SSSR count). The number of unbranched alkanes of at least 4 members (excludes halogenated alkanes) is 1. The van der Waals surface area contributed by atoms with E-state index in [1.54, 1.807) is 18.2 Å². The molecule has 0 bridgehead atoms. The number of likely N-dealkylation sites (tertiary alicyclic amines) is 1. The van der Waals surface area contributed by atoms with Gasteiger partial charge >= 0.3 is 0 Å². The molecule has 0 saturated carbocycles. The first-order valence-electron chi connectivity index (χ1n) is 10.7. The molecule has 2 aromatic carbocycles. The van der Waals surface area contributed by atoms with Gasteiger partial charge in [0.1, 0.15) is 11.5 Å². The van der Waals surface area contributed by atoms with E-state index in [1.807, 2.05) is 31.2 Å². The Kier molecular flexibility index (Phi) is 8.10. The number of halogens is 1. The van der Waals surface area contributed by atoms with Crippen molar-refractivity contribution in [2.75, 3.05) is 26.9 Å². The molecule has 1 aliphatic heterocycles. The molecule has 2 aromatic rings. The van der Waals surface area contributed by atoms with Crippen LogP contribution in [-0.2, 0) is 14.3 Å². The molecule has 0 unspecified atom stereocenters. The average Bonchev–Trinajstić information content (AvgIpc) is 3.03. The fourth-order valence-corrected chi connectivity index (χ4v) is 4.18. The number of rotatable bonds is 9. The summed E-state index contributed by atoms with van der Waals surface area (Å²) in [7, 11) is 1.54. The Bertz CT molecular complexity index is 1030. The third kappa shape index (κ3) is 5.05. The number of methoxy groups -OCH3 is 1. The Labute approximate surface area is 197 Å². The lowest BCUT2D eigenvalue weighted by molar-refractivity contribution is -0.140. The number of aryl methyl sites for hydroxylation is 1. The third-order valence-electron chi connectivity index (χ3n) is 5.44. The first-order chi connectivity index (χ1) is 15.4. The highest BCUT2D eigenvalue weighted by atomic mass is 79.9. The number of carbonyl (C=O) groups excluding carboxylic acids is 2. The average molecular weight is 502 g/mol. The van der Waals surface area contributed by atoms with Crippen molar-refractivity contribution in [3.8, 4) is 5.75 Å². The molecule has 7 heteroatoms. The Morgan fingerprint density at radius 2 is 1.94 bits per heavy atom. The SMILES string of the molecule is CCCCOc1ccc(/C(O)=C2\C(=O)C(=O)N(CCOC)[C@@H]2c2cccc(Br)c2)cc1C. The lowest BCUT2D eigenvalue weighted by Gasteiger charge is -2.25. The van der Waals surface area contributed by atoms with Gasteiger partial charge in [-0.15, -0.1) is 0 Å². The van der Waals surface area contributed by atoms with Crippen LogP contribution in [0.25, 0.3) is 5.76 Å². The van der Waals surface area contributed by atoms with Crippen molar-refractivity contribution in [2.24, 2.45) is 0 Å².